The molecule has 0 aliphatic rings. The Morgan fingerprint density at radius 1 is 1.44 bits per heavy atom. The molecule has 0 bridgehead atoms. The maximum absolute atomic E-state index is 5.70. The van der Waals surface area contributed by atoms with Gasteiger partial charge in [0, 0.05) is 17.2 Å². The highest BCUT2D eigenvalue weighted by Gasteiger charge is 2.13. The summed E-state index contributed by atoms with van der Waals surface area (Å²) in [7, 11) is 0. The van der Waals surface area contributed by atoms with Crippen LogP contribution < -0.4 is 5.73 Å². The third-order valence-corrected chi connectivity index (χ3v) is 2.63. The van der Waals surface area contributed by atoms with Crippen molar-refractivity contribution in [2.75, 3.05) is 5.73 Å². The summed E-state index contributed by atoms with van der Waals surface area (Å²) in [6.45, 7) is 4.18. The smallest absolute Gasteiger partial charge is 0.258 e. The molecule has 2 N–H and O–H groups in total. The Morgan fingerprint density at radius 3 is 2.94 bits per heavy atom. The monoisotopic (exact) mass is 217 g/mol. The van der Waals surface area contributed by atoms with E-state index >= 15 is 0 Å². The zero-order chi connectivity index (χ0) is 11.5. The average Bonchev–Trinajstić information content (AvgIpc) is 2.77. The first-order chi connectivity index (χ1) is 7.70. The van der Waals surface area contributed by atoms with Crippen molar-refractivity contribution in [2.24, 2.45) is 0 Å². The molecule has 0 amide bonds. The van der Waals surface area contributed by atoms with Gasteiger partial charge >= 0.3 is 0 Å². The number of benzene rings is 1. The molecule has 0 aliphatic heterocycles. The topological polar surface area (TPSA) is 64.9 Å². The maximum Gasteiger partial charge on any atom is 0.258 e. The normalized spacial score (nSPS) is 12.6. The van der Waals surface area contributed by atoms with E-state index in [1.165, 1.54) is 0 Å². The number of anilines is 1. The van der Waals surface area contributed by atoms with Crippen LogP contribution in [0.1, 0.15) is 32.0 Å². The summed E-state index contributed by atoms with van der Waals surface area (Å²) in [6.07, 6.45) is 0.996. The molecule has 0 spiro atoms. The largest absolute Gasteiger partial charge is 0.399 e. The van der Waals surface area contributed by atoms with Gasteiger partial charge in [-0.05, 0) is 24.6 Å². The molecule has 1 heterocycles. The number of hydrogen-bond acceptors (Lipinski definition) is 4. The van der Waals surface area contributed by atoms with Gasteiger partial charge in [0.05, 0.1) is 0 Å². The van der Waals surface area contributed by atoms with Gasteiger partial charge in [0.15, 0.2) is 5.82 Å². The molecule has 16 heavy (non-hydrogen) atoms. The lowest BCUT2D eigenvalue weighted by atomic mass is 10.1. The van der Waals surface area contributed by atoms with Crippen LogP contribution in [-0.2, 0) is 0 Å². The zero-order valence-corrected chi connectivity index (χ0v) is 9.47. The number of hydrogen-bond donors (Lipinski definition) is 1. The molecule has 2 aromatic rings. The van der Waals surface area contributed by atoms with E-state index in [1.54, 1.807) is 0 Å². The molecule has 2 rings (SSSR count). The molecule has 0 saturated carbocycles. The van der Waals surface area contributed by atoms with Crippen LogP contribution in [0.3, 0.4) is 0 Å². The Labute approximate surface area is 94.5 Å². The molecular formula is C12H15N3O. The number of rotatable bonds is 3. The van der Waals surface area contributed by atoms with Crippen LogP contribution in [0.15, 0.2) is 28.8 Å². The van der Waals surface area contributed by atoms with E-state index in [0.29, 0.717) is 17.5 Å². The van der Waals surface area contributed by atoms with Gasteiger partial charge in [-0.15, -0.1) is 0 Å². The molecule has 0 radical (unpaired) electrons. The van der Waals surface area contributed by atoms with Crippen LogP contribution in [0.2, 0.25) is 0 Å². The van der Waals surface area contributed by atoms with Crippen molar-refractivity contribution < 1.29 is 4.52 Å². The van der Waals surface area contributed by atoms with E-state index < -0.39 is 0 Å². The summed E-state index contributed by atoms with van der Waals surface area (Å²) < 4.78 is 5.21. The second kappa shape index (κ2) is 4.35. The lowest BCUT2D eigenvalue weighted by Crippen LogP contribution is -1.93. The fourth-order valence-electron chi connectivity index (χ4n) is 1.41. The second-order valence-electron chi connectivity index (χ2n) is 3.89. The van der Waals surface area contributed by atoms with Crippen molar-refractivity contribution in [3.05, 3.63) is 30.1 Å². The fraction of sp³-hybridized carbons (Fsp3) is 0.333. The Balaban J connectivity index is 2.31. The van der Waals surface area contributed by atoms with E-state index in [2.05, 4.69) is 24.0 Å². The first-order valence-electron chi connectivity index (χ1n) is 5.40. The lowest BCUT2D eigenvalue weighted by molar-refractivity contribution is 0.416. The number of aromatic nitrogens is 2. The highest BCUT2D eigenvalue weighted by molar-refractivity contribution is 5.59. The summed E-state index contributed by atoms with van der Waals surface area (Å²) in [5.41, 5.74) is 7.26. The Kier molecular flexibility index (Phi) is 2.90. The molecule has 1 aromatic carbocycles. The Hall–Kier alpha value is -1.84. The third-order valence-electron chi connectivity index (χ3n) is 2.63. The first-order valence-corrected chi connectivity index (χ1v) is 5.40. The van der Waals surface area contributed by atoms with Crippen molar-refractivity contribution in [2.45, 2.75) is 26.2 Å². The first kappa shape index (κ1) is 10.7. The molecule has 1 aromatic heterocycles. The highest BCUT2D eigenvalue weighted by atomic mass is 16.5. The predicted molar refractivity (Wildman–Crippen MR) is 62.9 cm³/mol. The van der Waals surface area contributed by atoms with Gasteiger partial charge in [-0.25, -0.2) is 0 Å². The van der Waals surface area contributed by atoms with Gasteiger partial charge in [-0.2, -0.15) is 4.98 Å². The number of nitrogen functional groups attached to an aromatic ring is 1. The van der Waals surface area contributed by atoms with Crippen LogP contribution in [0, 0.1) is 0 Å². The van der Waals surface area contributed by atoms with Crippen LogP contribution in [0.5, 0.6) is 0 Å². The van der Waals surface area contributed by atoms with Crippen molar-refractivity contribution >= 4 is 5.69 Å². The van der Waals surface area contributed by atoms with Crippen molar-refractivity contribution in [3.63, 3.8) is 0 Å². The van der Waals surface area contributed by atoms with E-state index in [0.717, 1.165) is 17.8 Å². The minimum Gasteiger partial charge on any atom is -0.399 e. The Morgan fingerprint density at radius 2 is 2.25 bits per heavy atom. The minimum atomic E-state index is 0.318. The molecule has 0 saturated heterocycles. The van der Waals surface area contributed by atoms with Gasteiger partial charge in [-0.1, -0.05) is 25.1 Å². The molecular weight excluding hydrogens is 202 g/mol. The summed E-state index contributed by atoms with van der Waals surface area (Å²) >= 11 is 0. The molecule has 1 unspecified atom stereocenters. The fourth-order valence-corrected chi connectivity index (χ4v) is 1.41. The zero-order valence-electron chi connectivity index (χ0n) is 9.47. The quantitative estimate of drug-likeness (QED) is 0.803. The molecule has 84 valence electrons. The van der Waals surface area contributed by atoms with Crippen LogP contribution in [-0.4, -0.2) is 10.1 Å². The van der Waals surface area contributed by atoms with E-state index in [-0.39, 0.29) is 0 Å². The average molecular weight is 217 g/mol. The van der Waals surface area contributed by atoms with Crippen molar-refractivity contribution in [3.8, 4) is 11.5 Å². The Bertz CT molecular complexity index is 479. The maximum atomic E-state index is 5.70. The summed E-state index contributed by atoms with van der Waals surface area (Å²) in [5, 5.41) is 3.97. The molecule has 0 fully saturated rings. The van der Waals surface area contributed by atoms with Crippen LogP contribution in [0.25, 0.3) is 11.5 Å². The van der Waals surface area contributed by atoms with Crippen molar-refractivity contribution in [1.82, 2.24) is 10.1 Å². The summed E-state index contributed by atoms with van der Waals surface area (Å²) in [6, 6.07) is 7.44. The van der Waals surface area contributed by atoms with E-state index in [1.807, 2.05) is 24.3 Å². The third kappa shape index (κ3) is 2.05. The molecule has 4 heteroatoms. The standard InChI is InChI=1S/C12H15N3O/c1-3-8(2)11-14-12(16-15-11)9-5-4-6-10(13)7-9/h4-8H,3,13H2,1-2H3. The molecule has 0 aliphatic carbocycles. The predicted octanol–water partition coefficient (Wildman–Crippen LogP) is 2.83. The van der Waals surface area contributed by atoms with Gasteiger partial charge in [0.1, 0.15) is 0 Å². The van der Waals surface area contributed by atoms with E-state index in [9.17, 15) is 0 Å². The van der Waals surface area contributed by atoms with Gasteiger partial charge in [0.25, 0.3) is 5.89 Å². The molecule has 1 atom stereocenters. The van der Waals surface area contributed by atoms with Crippen molar-refractivity contribution in [1.29, 1.82) is 0 Å². The summed E-state index contributed by atoms with van der Waals surface area (Å²) in [4.78, 5) is 4.36. The number of nitrogens with zero attached hydrogens (tertiary/aromatic N) is 2. The summed E-state index contributed by atoms with van der Waals surface area (Å²) in [5.74, 6) is 1.60. The highest BCUT2D eigenvalue weighted by Crippen LogP contribution is 2.22. The van der Waals surface area contributed by atoms with Gasteiger partial charge < -0.3 is 10.3 Å². The van der Waals surface area contributed by atoms with Crippen LogP contribution in [0.4, 0.5) is 5.69 Å². The van der Waals surface area contributed by atoms with Gasteiger partial charge in [-0.3, -0.25) is 0 Å². The van der Waals surface area contributed by atoms with E-state index in [4.69, 9.17) is 10.3 Å². The number of nitrogens with two attached hydrogens (primary N) is 1. The lowest BCUT2D eigenvalue weighted by Gasteiger charge is -1.99. The van der Waals surface area contributed by atoms with Crippen LogP contribution >= 0.6 is 0 Å². The van der Waals surface area contributed by atoms with Gasteiger partial charge in [0.2, 0.25) is 0 Å². The molecule has 4 nitrogen and oxygen atoms in total. The second-order valence-corrected chi connectivity index (χ2v) is 3.89. The SMILES string of the molecule is CCC(C)c1noc(-c2cccc(N)c2)n1. The minimum absolute atomic E-state index is 0.318.